The van der Waals surface area contributed by atoms with Crippen molar-refractivity contribution in [1.29, 1.82) is 0 Å². The van der Waals surface area contributed by atoms with Crippen LogP contribution >= 0.6 is 11.3 Å². The first-order valence-electron chi connectivity index (χ1n) is 7.48. The molecule has 7 heteroatoms. The number of anilines is 2. The lowest BCUT2D eigenvalue weighted by atomic mass is 10.2. The molecule has 0 unspecified atom stereocenters. The zero-order valence-electron chi connectivity index (χ0n) is 12.6. The van der Waals surface area contributed by atoms with Gasteiger partial charge in [0.2, 0.25) is 12.3 Å². The second-order valence-corrected chi connectivity index (χ2v) is 6.19. The second-order valence-electron chi connectivity index (χ2n) is 5.33. The summed E-state index contributed by atoms with van der Waals surface area (Å²) in [6, 6.07) is 9.82. The van der Waals surface area contributed by atoms with E-state index < -0.39 is 0 Å². The zero-order chi connectivity index (χ0) is 16.1. The maximum Gasteiger partial charge on any atom is 0.228 e. The highest BCUT2D eigenvalue weighted by Gasteiger charge is 2.20. The first-order valence-corrected chi connectivity index (χ1v) is 8.36. The number of piperazine rings is 1. The molecule has 2 aromatic rings. The molecule has 2 heterocycles. The minimum Gasteiger partial charge on any atom is -0.342 e. The number of hydrogen-bond donors (Lipinski definition) is 1. The van der Waals surface area contributed by atoms with Crippen molar-refractivity contribution in [3.8, 4) is 0 Å². The number of rotatable bonds is 5. The van der Waals surface area contributed by atoms with Crippen LogP contribution in [0.3, 0.4) is 0 Å². The van der Waals surface area contributed by atoms with Gasteiger partial charge in [-0.2, -0.15) is 0 Å². The molecule has 0 spiro atoms. The Morgan fingerprint density at radius 2 is 1.96 bits per heavy atom. The maximum atomic E-state index is 12.3. The number of benzene rings is 1. The molecule has 2 amide bonds. The van der Waals surface area contributed by atoms with Crippen LogP contribution in [0.2, 0.25) is 0 Å². The van der Waals surface area contributed by atoms with E-state index in [-0.39, 0.29) is 5.91 Å². The van der Waals surface area contributed by atoms with Crippen molar-refractivity contribution in [3.63, 3.8) is 0 Å². The Balaban J connectivity index is 1.54. The van der Waals surface area contributed by atoms with Crippen LogP contribution in [0.5, 0.6) is 0 Å². The average molecular weight is 330 g/mol. The van der Waals surface area contributed by atoms with Gasteiger partial charge in [0.05, 0.1) is 12.1 Å². The van der Waals surface area contributed by atoms with Crippen LogP contribution in [0.15, 0.2) is 35.7 Å². The zero-order valence-corrected chi connectivity index (χ0v) is 13.5. The SMILES string of the molecule is O=CN1CCN(C(=O)Cc2csc(Nc3ccccc3)n2)CC1. The molecule has 120 valence electrons. The van der Waals surface area contributed by atoms with Crippen molar-refractivity contribution in [1.82, 2.24) is 14.8 Å². The van der Waals surface area contributed by atoms with E-state index in [9.17, 15) is 9.59 Å². The van der Waals surface area contributed by atoms with E-state index in [0.29, 0.717) is 32.6 Å². The van der Waals surface area contributed by atoms with Gasteiger partial charge in [-0.15, -0.1) is 11.3 Å². The summed E-state index contributed by atoms with van der Waals surface area (Å²) in [4.78, 5) is 30.9. The number of aromatic nitrogens is 1. The van der Waals surface area contributed by atoms with Gasteiger partial charge >= 0.3 is 0 Å². The van der Waals surface area contributed by atoms with Crippen LogP contribution in [0, 0.1) is 0 Å². The van der Waals surface area contributed by atoms with Gasteiger partial charge in [-0.25, -0.2) is 4.98 Å². The number of thiazole rings is 1. The van der Waals surface area contributed by atoms with Crippen molar-refractivity contribution >= 4 is 34.5 Å². The average Bonchev–Trinajstić information content (AvgIpc) is 3.02. The van der Waals surface area contributed by atoms with Crippen LogP contribution in [-0.2, 0) is 16.0 Å². The minimum atomic E-state index is 0.0621. The molecule has 1 aliphatic rings. The number of hydrogen-bond acceptors (Lipinski definition) is 5. The Labute approximate surface area is 138 Å². The Kier molecular flexibility index (Phi) is 4.87. The standard InChI is InChI=1S/C16H18N4O2S/c21-12-19-6-8-20(9-7-19)15(22)10-14-11-23-16(18-14)17-13-4-2-1-3-5-13/h1-5,11-12H,6-10H2,(H,17,18). The van der Waals surface area contributed by atoms with Gasteiger partial charge in [-0.05, 0) is 12.1 Å². The minimum absolute atomic E-state index is 0.0621. The lowest BCUT2D eigenvalue weighted by molar-refractivity contribution is -0.134. The third-order valence-electron chi connectivity index (χ3n) is 3.73. The third-order valence-corrected chi connectivity index (χ3v) is 4.53. The van der Waals surface area contributed by atoms with Crippen LogP contribution in [0.4, 0.5) is 10.8 Å². The molecule has 0 aliphatic carbocycles. The van der Waals surface area contributed by atoms with E-state index in [0.717, 1.165) is 22.9 Å². The van der Waals surface area contributed by atoms with Crippen LogP contribution in [-0.4, -0.2) is 53.3 Å². The molecule has 1 fully saturated rings. The predicted molar refractivity (Wildman–Crippen MR) is 89.8 cm³/mol. The summed E-state index contributed by atoms with van der Waals surface area (Å²) in [5.41, 5.74) is 1.75. The van der Waals surface area contributed by atoms with Gasteiger partial charge < -0.3 is 15.1 Å². The van der Waals surface area contributed by atoms with Gasteiger partial charge in [0, 0.05) is 37.2 Å². The first-order chi connectivity index (χ1) is 11.2. The van der Waals surface area contributed by atoms with Crippen molar-refractivity contribution in [2.75, 3.05) is 31.5 Å². The number of nitrogens with zero attached hydrogens (tertiary/aromatic N) is 3. The van der Waals surface area contributed by atoms with Gasteiger partial charge in [-0.3, -0.25) is 9.59 Å². The molecule has 0 atom stereocenters. The fourth-order valence-corrected chi connectivity index (χ4v) is 3.16. The smallest absolute Gasteiger partial charge is 0.228 e. The summed E-state index contributed by atoms with van der Waals surface area (Å²) in [7, 11) is 0. The second kappa shape index (κ2) is 7.23. The van der Waals surface area contributed by atoms with Gasteiger partial charge in [-0.1, -0.05) is 18.2 Å². The van der Waals surface area contributed by atoms with E-state index in [1.807, 2.05) is 35.7 Å². The largest absolute Gasteiger partial charge is 0.342 e. The van der Waals surface area contributed by atoms with Crippen molar-refractivity contribution < 1.29 is 9.59 Å². The van der Waals surface area contributed by atoms with Gasteiger partial charge in [0.25, 0.3) is 0 Å². The van der Waals surface area contributed by atoms with Gasteiger partial charge in [0.1, 0.15) is 0 Å². The molecule has 1 aromatic heterocycles. The van der Waals surface area contributed by atoms with E-state index in [4.69, 9.17) is 0 Å². The molecule has 6 nitrogen and oxygen atoms in total. The number of carbonyl (C=O) groups excluding carboxylic acids is 2. The highest BCUT2D eigenvalue weighted by atomic mass is 32.1. The highest BCUT2D eigenvalue weighted by Crippen LogP contribution is 2.21. The van der Waals surface area contributed by atoms with Crippen molar-refractivity contribution in [2.24, 2.45) is 0 Å². The molecule has 1 saturated heterocycles. The molecule has 3 rings (SSSR count). The summed E-state index contributed by atoms with van der Waals surface area (Å²) < 4.78 is 0. The van der Waals surface area contributed by atoms with E-state index in [1.54, 1.807) is 9.80 Å². The summed E-state index contributed by atoms with van der Waals surface area (Å²) in [6.07, 6.45) is 1.14. The van der Waals surface area contributed by atoms with E-state index in [2.05, 4.69) is 10.3 Å². The third kappa shape index (κ3) is 4.07. The summed E-state index contributed by atoms with van der Waals surface area (Å²) >= 11 is 1.49. The molecule has 23 heavy (non-hydrogen) atoms. The number of nitrogens with one attached hydrogen (secondary N) is 1. The Morgan fingerprint density at radius 3 is 2.65 bits per heavy atom. The molecule has 0 radical (unpaired) electrons. The normalized spacial score (nSPS) is 14.6. The molecule has 0 saturated carbocycles. The Morgan fingerprint density at radius 1 is 1.22 bits per heavy atom. The fraction of sp³-hybridized carbons (Fsp3) is 0.312. The quantitative estimate of drug-likeness (QED) is 0.848. The van der Waals surface area contributed by atoms with Crippen LogP contribution < -0.4 is 5.32 Å². The number of carbonyl (C=O) groups is 2. The molecule has 1 aromatic carbocycles. The molecular formula is C16H18N4O2S. The van der Waals surface area contributed by atoms with E-state index in [1.165, 1.54) is 11.3 Å². The van der Waals surface area contributed by atoms with Crippen molar-refractivity contribution in [3.05, 3.63) is 41.4 Å². The number of amides is 2. The first kappa shape index (κ1) is 15.5. The van der Waals surface area contributed by atoms with Crippen LogP contribution in [0.1, 0.15) is 5.69 Å². The molecule has 0 bridgehead atoms. The van der Waals surface area contributed by atoms with Crippen LogP contribution in [0.25, 0.3) is 0 Å². The predicted octanol–water partition coefficient (Wildman–Crippen LogP) is 1.73. The summed E-state index contributed by atoms with van der Waals surface area (Å²) in [5.74, 6) is 0.0621. The molecule has 1 N–H and O–H groups in total. The highest BCUT2D eigenvalue weighted by molar-refractivity contribution is 7.13. The lowest BCUT2D eigenvalue weighted by Gasteiger charge is -2.32. The molecular weight excluding hydrogens is 312 g/mol. The maximum absolute atomic E-state index is 12.3. The number of para-hydroxylation sites is 1. The fourth-order valence-electron chi connectivity index (χ4n) is 2.43. The Hall–Kier alpha value is -2.41. The van der Waals surface area contributed by atoms with E-state index >= 15 is 0 Å². The summed E-state index contributed by atoms with van der Waals surface area (Å²) in [5, 5.41) is 5.92. The monoisotopic (exact) mass is 330 g/mol. The van der Waals surface area contributed by atoms with Crippen molar-refractivity contribution in [2.45, 2.75) is 6.42 Å². The topological polar surface area (TPSA) is 65.5 Å². The molecule has 1 aliphatic heterocycles. The Bertz CT molecular complexity index is 666. The summed E-state index contributed by atoms with van der Waals surface area (Å²) in [6.45, 7) is 2.40. The lowest BCUT2D eigenvalue weighted by Crippen LogP contribution is -2.48. The van der Waals surface area contributed by atoms with Gasteiger partial charge in [0.15, 0.2) is 5.13 Å².